The van der Waals surface area contributed by atoms with Crippen molar-refractivity contribution in [1.82, 2.24) is 4.57 Å². The minimum absolute atomic E-state index is 0.0589. The van der Waals surface area contributed by atoms with Gasteiger partial charge in [-0.05, 0) is 26.2 Å². The summed E-state index contributed by atoms with van der Waals surface area (Å²) in [5, 5.41) is 20.5. The second-order valence-electron chi connectivity index (χ2n) is 10.1. The van der Waals surface area contributed by atoms with Crippen molar-refractivity contribution >= 4 is 0 Å². The number of nitrogens with zero attached hydrogens (tertiary/aromatic N) is 1. The van der Waals surface area contributed by atoms with Crippen molar-refractivity contribution in [2.75, 3.05) is 0 Å². The zero-order chi connectivity index (χ0) is 24.2. The lowest BCUT2D eigenvalue weighted by molar-refractivity contribution is 0.336. The van der Waals surface area contributed by atoms with E-state index >= 15 is 0 Å². The summed E-state index contributed by atoms with van der Waals surface area (Å²) in [4.78, 5) is 0. The van der Waals surface area contributed by atoms with Crippen LogP contribution >= 0.6 is 0 Å². The molecule has 3 heteroatoms. The molecule has 0 spiro atoms. The van der Waals surface area contributed by atoms with Gasteiger partial charge in [0.1, 0.15) is 0 Å². The van der Waals surface area contributed by atoms with Gasteiger partial charge in [0.2, 0.25) is 0 Å². The molecule has 0 saturated heterocycles. The molecule has 0 aliphatic rings. The molecule has 192 valence electrons. The zero-order valence-corrected chi connectivity index (χ0v) is 22.3. The van der Waals surface area contributed by atoms with Crippen molar-refractivity contribution in [3.63, 3.8) is 0 Å². The zero-order valence-electron chi connectivity index (χ0n) is 22.3. The van der Waals surface area contributed by atoms with Gasteiger partial charge in [0.15, 0.2) is 11.8 Å². The monoisotopic (exact) mass is 461 g/mol. The molecule has 1 aromatic rings. The van der Waals surface area contributed by atoms with Crippen LogP contribution in [0.2, 0.25) is 0 Å². The molecule has 0 amide bonds. The standard InChI is InChI=1S/C30H55NO2/c1-4-6-8-10-11-12-13-14-15-16-17-18-19-20-22-24-28(27(3)23-21-9-7-5-2)31-29(32)25-26-30(31)33/h23,25-26,28,32-33H,4-22,24H2,1-3H3. The Balaban J connectivity index is 2.19. The lowest BCUT2D eigenvalue weighted by Crippen LogP contribution is -2.10. The first-order valence-corrected chi connectivity index (χ1v) is 14.4. The Hall–Kier alpha value is -1.38. The lowest BCUT2D eigenvalue weighted by Gasteiger charge is -2.22. The first-order chi connectivity index (χ1) is 16.1. The molecule has 0 aromatic carbocycles. The van der Waals surface area contributed by atoms with Crippen LogP contribution in [-0.4, -0.2) is 14.8 Å². The summed E-state index contributed by atoms with van der Waals surface area (Å²) >= 11 is 0. The molecular weight excluding hydrogens is 406 g/mol. The number of aromatic nitrogens is 1. The molecule has 1 heterocycles. The fourth-order valence-corrected chi connectivity index (χ4v) is 4.88. The van der Waals surface area contributed by atoms with Crippen molar-refractivity contribution < 1.29 is 10.2 Å². The minimum Gasteiger partial charge on any atom is -0.494 e. The van der Waals surface area contributed by atoms with Crippen LogP contribution in [0.4, 0.5) is 0 Å². The summed E-state index contributed by atoms with van der Waals surface area (Å²) < 4.78 is 1.70. The Labute approximate surface area is 205 Å². The average molecular weight is 462 g/mol. The fourth-order valence-electron chi connectivity index (χ4n) is 4.88. The van der Waals surface area contributed by atoms with Gasteiger partial charge in [-0.25, -0.2) is 0 Å². The van der Waals surface area contributed by atoms with E-state index in [9.17, 15) is 10.2 Å². The second-order valence-corrected chi connectivity index (χ2v) is 10.1. The van der Waals surface area contributed by atoms with Crippen molar-refractivity contribution in [2.45, 2.75) is 155 Å². The maximum atomic E-state index is 10.3. The Morgan fingerprint density at radius 3 is 1.52 bits per heavy atom. The number of hydrogen-bond donors (Lipinski definition) is 2. The van der Waals surface area contributed by atoms with Gasteiger partial charge in [0.25, 0.3) is 0 Å². The molecule has 0 fully saturated rings. The SMILES string of the molecule is CCCCCC=C(C)C(CCCCCCCCCCCCCCCCC)n1c(O)ccc1O. The number of rotatable bonds is 22. The largest absolute Gasteiger partial charge is 0.494 e. The van der Waals surface area contributed by atoms with Gasteiger partial charge < -0.3 is 10.2 Å². The number of unbranched alkanes of at least 4 members (excludes halogenated alkanes) is 17. The van der Waals surface area contributed by atoms with E-state index in [4.69, 9.17) is 0 Å². The summed E-state index contributed by atoms with van der Waals surface area (Å²) in [5.74, 6) is 0.333. The Morgan fingerprint density at radius 2 is 1.06 bits per heavy atom. The third-order valence-corrected chi connectivity index (χ3v) is 7.07. The maximum Gasteiger partial charge on any atom is 0.194 e. The van der Waals surface area contributed by atoms with Gasteiger partial charge in [-0.1, -0.05) is 135 Å². The van der Waals surface area contributed by atoms with E-state index in [1.165, 1.54) is 115 Å². The van der Waals surface area contributed by atoms with Crippen LogP contribution < -0.4 is 0 Å². The lowest BCUT2D eigenvalue weighted by atomic mass is 9.98. The van der Waals surface area contributed by atoms with E-state index in [0.29, 0.717) is 0 Å². The van der Waals surface area contributed by atoms with Crippen LogP contribution in [0.15, 0.2) is 23.8 Å². The average Bonchev–Trinajstić information content (AvgIpc) is 3.14. The minimum atomic E-state index is 0.0589. The summed E-state index contributed by atoms with van der Waals surface area (Å²) in [7, 11) is 0. The van der Waals surface area contributed by atoms with E-state index in [0.717, 1.165) is 19.3 Å². The smallest absolute Gasteiger partial charge is 0.194 e. The van der Waals surface area contributed by atoms with Gasteiger partial charge in [0.05, 0.1) is 6.04 Å². The predicted octanol–water partition coefficient (Wildman–Crippen LogP) is 10.2. The summed E-state index contributed by atoms with van der Waals surface area (Å²) in [6.07, 6.45) is 28.6. The molecule has 0 bridgehead atoms. The number of aromatic hydroxyl groups is 2. The second kappa shape index (κ2) is 20.0. The van der Waals surface area contributed by atoms with Crippen molar-refractivity contribution in [3.05, 3.63) is 23.8 Å². The molecule has 1 unspecified atom stereocenters. The molecule has 0 aliphatic carbocycles. The Bertz CT molecular complexity index is 585. The molecule has 33 heavy (non-hydrogen) atoms. The number of hydrogen-bond acceptors (Lipinski definition) is 2. The van der Waals surface area contributed by atoms with Crippen molar-refractivity contribution in [2.24, 2.45) is 0 Å². The van der Waals surface area contributed by atoms with Crippen LogP contribution in [-0.2, 0) is 0 Å². The van der Waals surface area contributed by atoms with Crippen LogP contribution in [0, 0.1) is 0 Å². The highest BCUT2D eigenvalue weighted by molar-refractivity contribution is 5.28. The normalized spacial score (nSPS) is 13.0. The molecule has 1 rings (SSSR count). The summed E-state index contributed by atoms with van der Waals surface area (Å²) in [5.41, 5.74) is 1.26. The van der Waals surface area contributed by atoms with Crippen molar-refractivity contribution in [1.29, 1.82) is 0 Å². The molecule has 2 N–H and O–H groups in total. The highest BCUT2D eigenvalue weighted by atomic mass is 16.3. The van der Waals surface area contributed by atoms with Crippen LogP contribution in [0.25, 0.3) is 0 Å². The van der Waals surface area contributed by atoms with E-state index in [1.54, 1.807) is 16.7 Å². The Kier molecular flexibility index (Phi) is 18.0. The van der Waals surface area contributed by atoms with E-state index in [-0.39, 0.29) is 17.8 Å². The van der Waals surface area contributed by atoms with Gasteiger partial charge in [-0.2, -0.15) is 0 Å². The van der Waals surface area contributed by atoms with E-state index in [1.807, 2.05) is 0 Å². The van der Waals surface area contributed by atoms with E-state index < -0.39 is 0 Å². The third kappa shape index (κ3) is 13.8. The van der Waals surface area contributed by atoms with Crippen LogP contribution in [0.1, 0.15) is 155 Å². The summed E-state index contributed by atoms with van der Waals surface area (Å²) in [6, 6.07) is 3.25. The molecule has 1 aromatic heterocycles. The van der Waals surface area contributed by atoms with Gasteiger partial charge in [0, 0.05) is 12.1 Å². The van der Waals surface area contributed by atoms with Gasteiger partial charge in [-0.15, -0.1) is 0 Å². The summed E-state index contributed by atoms with van der Waals surface area (Å²) in [6.45, 7) is 6.67. The van der Waals surface area contributed by atoms with Gasteiger partial charge in [-0.3, -0.25) is 4.57 Å². The first-order valence-electron chi connectivity index (χ1n) is 14.4. The fraction of sp³-hybridized carbons (Fsp3) is 0.800. The quantitative estimate of drug-likeness (QED) is 0.133. The molecular formula is C30H55NO2. The maximum absolute atomic E-state index is 10.3. The third-order valence-electron chi connectivity index (χ3n) is 7.07. The number of allylic oxidation sites excluding steroid dienone is 2. The van der Waals surface area contributed by atoms with Crippen LogP contribution in [0.5, 0.6) is 11.8 Å². The topological polar surface area (TPSA) is 45.4 Å². The Morgan fingerprint density at radius 1 is 0.667 bits per heavy atom. The molecule has 0 radical (unpaired) electrons. The van der Waals surface area contributed by atoms with Crippen LogP contribution in [0.3, 0.4) is 0 Å². The van der Waals surface area contributed by atoms with Crippen molar-refractivity contribution in [3.8, 4) is 11.8 Å². The predicted molar refractivity (Wildman–Crippen MR) is 144 cm³/mol. The highest BCUT2D eigenvalue weighted by Gasteiger charge is 2.19. The molecule has 0 saturated carbocycles. The molecule has 3 nitrogen and oxygen atoms in total. The molecule has 0 aliphatic heterocycles. The first kappa shape index (κ1) is 29.7. The highest BCUT2D eigenvalue weighted by Crippen LogP contribution is 2.34. The van der Waals surface area contributed by atoms with E-state index in [2.05, 4.69) is 26.8 Å². The van der Waals surface area contributed by atoms with Gasteiger partial charge >= 0.3 is 0 Å². The molecule has 1 atom stereocenters.